The number of hydrogen-bond donors (Lipinski definition) is 3. The van der Waals surface area contributed by atoms with Gasteiger partial charge in [0.25, 0.3) is 5.92 Å². The van der Waals surface area contributed by atoms with E-state index in [9.17, 15) is 27.8 Å². The van der Waals surface area contributed by atoms with Crippen LogP contribution < -0.4 is 5.73 Å². The Morgan fingerprint density at radius 1 is 1.04 bits per heavy atom. The number of benzene rings is 1. The summed E-state index contributed by atoms with van der Waals surface area (Å²) in [6.07, 6.45) is 0. The Morgan fingerprint density at radius 3 is 2.00 bits per heavy atom. The van der Waals surface area contributed by atoms with Crippen molar-refractivity contribution in [3.05, 3.63) is 53.2 Å². The normalized spacial score (nSPS) is 15.0. The van der Waals surface area contributed by atoms with Crippen LogP contribution in [0, 0.1) is 11.6 Å². The van der Waals surface area contributed by atoms with Crippen LogP contribution in [-0.4, -0.2) is 27.7 Å². The van der Waals surface area contributed by atoms with Crippen LogP contribution in [-0.2, 0) is 11.2 Å². The molecule has 1 aromatic heterocycles. The van der Waals surface area contributed by atoms with E-state index in [1.54, 1.807) is 0 Å². The van der Waals surface area contributed by atoms with Crippen molar-refractivity contribution in [3.63, 3.8) is 0 Å². The van der Waals surface area contributed by atoms with Crippen LogP contribution in [0.1, 0.15) is 32.0 Å². The van der Waals surface area contributed by atoms with Gasteiger partial charge in [0.05, 0.1) is 11.3 Å². The lowest BCUT2D eigenvalue weighted by Crippen LogP contribution is -2.50. The Bertz CT molecular complexity index is 799. The topological polar surface area (TPSA) is 79.4 Å². The Hall–Kier alpha value is -2.03. The first-order valence-electron chi connectivity index (χ1n) is 7.81. The van der Waals surface area contributed by atoms with Crippen LogP contribution >= 0.6 is 0 Å². The van der Waals surface area contributed by atoms with E-state index in [-0.39, 0.29) is 11.1 Å². The first-order chi connectivity index (χ1) is 11.8. The molecule has 8 heteroatoms. The van der Waals surface area contributed by atoms with Crippen molar-refractivity contribution in [1.29, 1.82) is 0 Å². The first kappa shape index (κ1) is 20.3. The summed E-state index contributed by atoms with van der Waals surface area (Å²) in [5.74, 6) is -5.23. The molecule has 2 rings (SSSR count). The second kappa shape index (κ2) is 6.61. The van der Waals surface area contributed by atoms with Gasteiger partial charge in [0.2, 0.25) is 0 Å². The SMILES string of the molecule is CC(C)(O)c1cc([C@](O)(CN)C(C)(F)F)nc(-c2ccc(F)cc2)c1F. The zero-order chi connectivity index (χ0) is 19.9. The minimum absolute atomic E-state index is 0.0926. The lowest BCUT2D eigenvalue weighted by molar-refractivity contribution is -0.172. The van der Waals surface area contributed by atoms with Crippen LogP contribution in [0.15, 0.2) is 30.3 Å². The van der Waals surface area contributed by atoms with Crippen molar-refractivity contribution >= 4 is 0 Å². The number of rotatable bonds is 5. The van der Waals surface area contributed by atoms with Gasteiger partial charge in [-0.2, -0.15) is 0 Å². The smallest absolute Gasteiger partial charge is 0.280 e. The molecule has 0 saturated heterocycles. The second-order valence-electron chi connectivity index (χ2n) is 6.74. The molecule has 142 valence electrons. The number of aliphatic hydroxyl groups is 2. The summed E-state index contributed by atoms with van der Waals surface area (Å²) in [6.45, 7) is 2.10. The average Bonchev–Trinajstić information content (AvgIpc) is 2.53. The Balaban J connectivity index is 2.83. The standard InChI is InChI=1S/C18H20F4N2O2/c1-16(2,25)12-8-13(18(26,9-23)17(3,21)22)24-15(14(12)20)10-4-6-11(19)7-5-10/h4-8,25-26H,9,23H2,1-3H3/t18-/m1/s1. The number of aromatic nitrogens is 1. The van der Waals surface area contributed by atoms with Crippen molar-refractivity contribution < 1.29 is 27.8 Å². The van der Waals surface area contributed by atoms with E-state index in [0.717, 1.165) is 18.2 Å². The highest BCUT2D eigenvalue weighted by Crippen LogP contribution is 2.39. The fourth-order valence-corrected chi connectivity index (χ4v) is 2.49. The van der Waals surface area contributed by atoms with E-state index in [0.29, 0.717) is 6.92 Å². The van der Waals surface area contributed by atoms with E-state index >= 15 is 0 Å². The van der Waals surface area contributed by atoms with Gasteiger partial charge in [0.1, 0.15) is 11.5 Å². The Morgan fingerprint density at radius 2 is 1.58 bits per heavy atom. The quantitative estimate of drug-likeness (QED) is 0.705. The molecule has 0 radical (unpaired) electrons. The number of hydrogen-bond acceptors (Lipinski definition) is 4. The van der Waals surface area contributed by atoms with Crippen molar-refractivity contribution in [2.45, 2.75) is 37.9 Å². The average molecular weight is 372 g/mol. The fourth-order valence-electron chi connectivity index (χ4n) is 2.49. The molecule has 26 heavy (non-hydrogen) atoms. The molecule has 4 N–H and O–H groups in total. The molecular weight excluding hydrogens is 352 g/mol. The number of halogens is 4. The summed E-state index contributed by atoms with van der Waals surface area (Å²) in [4.78, 5) is 3.84. The van der Waals surface area contributed by atoms with E-state index < -0.39 is 46.7 Å². The molecule has 0 aliphatic rings. The minimum Gasteiger partial charge on any atom is -0.386 e. The summed E-state index contributed by atoms with van der Waals surface area (Å²) in [5, 5.41) is 20.6. The molecule has 1 heterocycles. The lowest BCUT2D eigenvalue weighted by Gasteiger charge is -2.33. The monoisotopic (exact) mass is 372 g/mol. The third-order valence-corrected chi connectivity index (χ3v) is 4.18. The molecule has 1 aromatic carbocycles. The predicted octanol–water partition coefficient (Wildman–Crippen LogP) is 3.06. The van der Waals surface area contributed by atoms with Crippen LogP contribution in [0.25, 0.3) is 11.3 Å². The van der Waals surface area contributed by atoms with Gasteiger partial charge < -0.3 is 15.9 Å². The van der Waals surface area contributed by atoms with Gasteiger partial charge in [-0.05, 0) is 44.2 Å². The molecule has 0 amide bonds. The highest BCUT2D eigenvalue weighted by Gasteiger charge is 2.51. The maximum Gasteiger partial charge on any atom is 0.280 e. The largest absolute Gasteiger partial charge is 0.386 e. The lowest BCUT2D eigenvalue weighted by atomic mass is 9.87. The Kier molecular flexibility index (Phi) is 5.15. The third kappa shape index (κ3) is 3.58. The number of nitrogens with two attached hydrogens (primary N) is 1. The maximum atomic E-state index is 14.9. The zero-order valence-electron chi connectivity index (χ0n) is 14.5. The summed E-state index contributed by atoms with van der Waals surface area (Å²) >= 11 is 0. The number of alkyl halides is 2. The summed E-state index contributed by atoms with van der Waals surface area (Å²) in [7, 11) is 0. The van der Waals surface area contributed by atoms with Gasteiger partial charge in [-0.25, -0.2) is 22.5 Å². The summed E-state index contributed by atoms with van der Waals surface area (Å²) < 4.78 is 56.0. The molecule has 1 atom stereocenters. The number of pyridine rings is 1. The second-order valence-corrected chi connectivity index (χ2v) is 6.74. The van der Waals surface area contributed by atoms with Gasteiger partial charge in [0, 0.05) is 24.6 Å². The minimum atomic E-state index is -3.69. The van der Waals surface area contributed by atoms with E-state index in [1.165, 1.54) is 26.0 Å². The number of nitrogens with zero attached hydrogens (tertiary/aromatic N) is 1. The van der Waals surface area contributed by atoms with E-state index in [4.69, 9.17) is 5.73 Å². The molecule has 0 bridgehead atoms. The maximum absolute atomic E-state index is 14.9. The van der Waals surface area contributed by atoms with Gasteiger partial charge in [0.15, 0.2) is 11.4 Å². The zero-order valence-corrected chi connectivity index (χ0v) is 14.5. The van der Waals surface area contributed by atoms with Gasteiger partial charge in [-0.3, -0.25) is 0 Å². The summed E-state index contributed by atoms with van der Waals surface area (Å²) in [5.41, 5.74) is -0.535. The van der Waals surface area contributed by atoms with Crippen molar-refractivity contribution in [2.24, 2.45) is 5.73 Å². The first-order valence-corrected chi connectivity index (χ1v) is 7.81. The van der Waals surface area contributed by atoms with Crippen molar-refractivity contribution in [3.8, 4) is 11.3 Å². The molecule has 4 nitrogen and oxygen atoms in total. The van der Waals surface area contributed by atoms with Crippen LogP contribution in [0.3, 0.4) is 0 Å². The van der Waals surface area contributed by atoms with Crippen LogP contribution in [0.5, 0.6) is 0 Å². The van der Waals surface area contributed by atoms with Gasteiger partial charge in [-0.15, -0.1) is 0 Å². The van der Waals surface area contributed by atoms with Gasteiger partial charge >= 0.3 is 0 Å². The van der Waals surface area contributed by atoms with E-state index in [1.807, 2.05) is 0 Å². The molecule has 0 fully saturated rings. The molecular formula is C18H20F4N2O2. The highest BCUT2D eigenvalue weighted by atomic mass is 19.3. The van der Waals surface area contributed by atoms with E-state index in [2.05, 4.69) is 4.98 Å². The summed E-state index contributed by atoms with van der Waals surface area (Å²) in [6, 6.07) is 5.40. The van der Waals surface area contributed by atoms with Crippen molar-refractivity contribution in [1.82, 2.24) is 4.98 Å². The molecule has 0 spiro atoms. The molecule has 0 aliphatic heterocycles. The van der Waals surface area contributed by atoms with Gasteiger partial charge in [-0.1, -0.05) is 0 Å². The molecule has 0 aliphatic carbocycles. The van der Waals surface area contributed by atoms with Crippen LogP contribution in [0.4, 0.5) is 17.6 Å². The Labute approximate surface area is 148 Å². The molecule has 0 saturated carbocycles. The van der Waals surface area contributed by atoms with Crippen LogP contribution in [0.2, 0.25) is 0 Å². The molecule has 2 aromatic rings. The predicted molar refractivity (Wildman–Crippen MR) is 88.4 cm³/mol. The fraction of sp³-hybridized carbons (Fsp3) is 0.389. The third-order valence-electron chi connectivity index (χ3n) is 4.18. The highest BCUT2D eigenvalue weighted by molar-refractivity contribution is 5.62. The van der Waals surface area contributed by atoms with Crippen molar-refractivity contribution in [2.75, 3.05) is 6.54 Å². The molecule has 0 unspecified atom stereocenters.